The summed E-state index contributed by atoms with van der Waals surface area (Å²) in [5.41, 5.74) is 8.82. The Hall–Kier alpha value is -2.00. The van der Waals surface area contributed by atoms with Crippen molar-refractivity contribution in [3.8, 4) is 0 Å². The number of hydrogen-bond acceptors (Lipinski definition) is 2. The standard InChI is InChI=1S/C15H15ClN2O/c1-10-2-7-13(16)14(8-10)18-9-11-3-5-12(6-4-11)15(17)19/h2-8,18H,9H2,1H3,(H2,17,19). The first kappa shape index (κ1) is 13.4. The second-order valence-corrected chi connectivity index (χ2v) is 4.81. The first-order valence-corrected chi connectivity index (χ1v) is 6.33. The first-order chi connectivity index (χ1) is 9.06. The quantitative estimate of drug-likeness (QED) is 0.898. The maximum atomic E-state index is 11.0. The third-order valence-corrected chi connectivity index (χ3v) is 3.17. The van der Waals surface area contributed by atoms with Crippen LogP contribution < -0.4 is 11.1 Å². The molecule has 0 spiro atoms. The van der Waals surface area contributed by atoms with E-state index in [1.54, 1.807) is 12.1 Å². The zero-order valence-corrected chi connectivity index (χ0v) is 11.4. The van der Waals surface area contributed by atoms with Gasteiger partial charge in [-0.15, -0.1) is 0 Å². The lowest BCUT2D eigenvalue weighted by atomic mass is 10.1. The van der Waals surface area contributed by atoms with Crippen molar-refractivity contribution < 1.29 is 4.79 Å². The van der Waals surface area contributed by atoms with Gasteiger partial charge in [-0.3, -0.25) is 4.79 Å². The number of halogens is 1. The summed E-state index contributed by atoms with van der Waals surface area (Å²) in [4.78, 5) is 11.0. The molecule has 3 nitrogen and oxygen atoms in total. The number of amides is 1. The van der Waals surface area contributed by atoms with E-state index in [1.807, 2.05) is 37.3 Å². The minimum atomic E-state index is -0.416. The Morgan fingerprint density at radius 2 is 1.89 bits per heavy atom. The minimum absolute atomic E-state index is 0.416. The fourth-order valence-electron chi connectivity index (χ4n) is 1.76. The number of nitrogens with one attached hydrogen (secondary N) is 1. The second-order valence-electron chi connectivity index (χ2n) is 4.40. The van der Waals surface area contributed by atoms with Crippen LogP contribution in [0.3, 0.4) is 0 Å². The summed E-state index contributed by atoms with van der Waals surface area (Å²) in [5.74, 6) is -0.416. The van der Waals surface area contributed by atoms with Gasteiger partial charge in [-0.2, -0.15) is 0 Å². The highest BCUT2D eigenvalue weighted by molar-refractivity contribution is 6.33. The van der Waals surface area contributed by atoms with Crippen LogP contribution in [0, 0.1) is 6.92 Å². The molecule has 0 aliphatic heterocycles. The number of carbonyl (C=O) groups excluding carboxylic acids is 1. The van der Waals surface area contributed by atoms with Gasteiger partial charge in [-0.1, -0.05) is 29.8 Å². The van der Waals surface area contributed by atoms with E-state index in [0.29, 0.717) is 17.1 Å². The van der Waals surface area contributed by atoms with Crippen molar-refractivity contribution in [2.24, 2.45) is 5.73 Å². The molecule has 2 aromatic carbocycles. The number of hydrogen-bond donors (Lipinski definition) is 2. The van der Waals surface area contributed by atoms with E-state index >= 15 is 0 Å². The van der Waals surface area contributed by atoms with Gasteiger partial charge in [0.15, 0.2) is 0 Å². The largest absolute Gasteiger partial charge is 0.380 e. The third kappa shape index (κ3) is 3.48. The predicted molar refractivity (Wildman–Crippen MR) is 78.5 cm³/mol. The summed E-state index contributed by atoms with van der Waals surface area (Å²) in [6.07, 6.45) is 0. The molecule has 2 aromatic rings. The molecule has 98 valence electrons. The van der Waals surface area contributed by atoms with Gasteiger partial charge >= 0.3 is 0 Å². The molecule has 0 aromatic heterocycles. The van der Waals surface area contributed by atoms with Gasteiger partial charge in [0.25, 0.3) is 0 Å². The van der Waals surface area contributed by atoms with Crippen molar-refractivity contribution in [2.45, 2.75) is 13.5 Å². The van der Waals surface area contributed by atoms with Crippen LogP contribution in [-0.2, 0) is 6.54 Å². The van der Waals surface area contributed by atoms with Crippen molar-refractivity contribution in [3.05, 3.63) is 64.2 Å². The lowest BCUT2D eigenvalue weighted by Gasteiger charge is -2.09. The van der Waals surface area contributed by atoms with Crippen LogP contribution in [0.15, 0.2) is 42.5 Å². The molecule has 0 unspecified atom stereocenters. The SMILES string of the molecule is Cc1ccc(Cl)c(NCc2ccc(C(N)=O)cc2)c1. The van der Waals surface area contributed by atoms with Gasteiger partial charge < -0.3 is 11.1 Å². The Morgan fingerprint density at radius 3 is 2.53 bits per heavy atom. The highest BCUT2D eigenvalue weighted by atomic mass is 35.5. The second kappa shape index (κ2) is 5.76. The van der Waals surface area contributed by atoms with E-state index in [4.69, 9.17) is 17.3 Å². The molecule has 2 rings (SSSR count). The van der Waals surface area contributed by atoms with Crippen molar-refractivity contribution in [3.63, 3.8) is 0 Å². The molecule has 0 aliphatic carbocycles. The Kier molecular flexibility index (Phi) is 4.07. The number of carbonyl (C=O) groups is 1. The summed E-state index contributed by atoms with van der Waals surface area (Å²) in [6.45, 7) is 2.66. The summed E-state index contributed by atoms with van der Waals surface area (Å²) in [6, 6.07) is 13.0. The summed E-state index contributed by atoms with van der Waals surface area (Å²) >= 11 is 6.11. The van der Waals surface area contributed by atoms with E-state index in [9.17, 15) is 4.79 Å². The van der Waals surface area contributed by atoms with Crippen LogP contribution >= 0.6 is 11.6 Å². The molecule has 0 bridgehead atoms. The maximum Gasteiger partial charge on any atom is 0.248 e. The predicted octanol–water partition coefficient (Wildman–Crippen LogP) is 3.36. The number of rotatable bonds is 4. The van der Waals surface area contributed by atoms with Crippen molar-refractivity contribution in [2.75, 3.05) is 5.32 Å². The number of anilines is 1. The number of benzene rings is 2. The molecular weight excluding hydrogens is 260 g/mol. The Balaban J connectivity index is 2.06. The Bertz CT molecular complexity index is 594. The topological polar surface area (TPSA) is 55.1 Å². The van der Waals surface area contributed by atoms with Gasteiger partial charge in [0.2, 0.25) is 5.91 Å². The van der Waals surface area contributed by atoms with Crippen LogP contribution in [0.25, 0.3) is 0 Å². The zero-order valence-electron chi connectivity index (χ0n) is 10.6. The molecule has 3 N–H and O–H groups in total. The van der Waals surface area contributed by atoms with Gasteiger partial charge in [-0.25, -0.2) is 0 Å². The molecule has 0 radical (unpaired) electrons. The van der Waals surface area contributed by atoms with Gasteiger partial charge in [0.1, 0.15) is 0 Å². The van der Waals surface area contributed by atoms with Crippen molar-refractivity contribution >= 4 is 23.2 Å². The summed E-state index contributed by atoms with van der Waals surface area (Å²) in [7, 11) is 0. The highest BCUT2D eigenvalue weighted by Gasteiger charge is 2.02. The van der Waals surface area contributed by atoms with Crippen LogP contribution in [0.2, 0.25) is 5.02 Å². The van der Waals surface area contributed by atoms with E-state index in [0.717, 1.165) is 16.8 Å². The third-order valence-electron chi connectivity index (χ3n) is 2.84. The highest BCUT2D eigenvalue weighted by Crippen LogP contribution is 2.23. The van der Waals surface area contributed by atoms with E-state index in [-0.39, 0.29) is 0 Å². The minimum Gasteiger partial charge on any atom is -0.380 e. The molecule has 0 saturated heterocycles. The van der Waals surface area contributed by atoms with Gasteiger partial charge in [0.05, 0.1) is 10.7 Å². The number of nitrogens with two attached hydrogens (primary N) is 1. The van der Waals surface area contributed by atoms with Crippen LogP contribution in [0.4, 0.5) is 5.69 Å². The molecular formula is C15H15ClN2O. The van der Waals surface area contributed by atoms with Gasteiger partial charge in [-0.05, 0) is 42.3 Å². The number of primary amides is 1. The summed E-state index contributed by atoms with van der Waals surface area (Å²) < 4.78 is 0. The summed E-state index contributed by atoms with van der Waals surface area (Å²) in [5, 5.41) is 3.96. The van der Waals surface area contributed by atoms with Crippen molar-refractivity contribution in [1.82, 2.24) is 0 Å². The maximum absolute atomic E-state index is 11.0. The molecule has 0 heterocycles. The molecule has 0 aliphatic rings. The normalized spacial score (nSPS) is 10.2. The molecule has 0 saturated carbocycles. The van der Waals surface area contributed by atoms with E-state index in [1.165, 1.54) is 0 Å². The average molecular weight is 275 g/mol. The number of aryl methyl sites for hydroxylation is 1. The lowest BCUT2D eigenvalue weighted by Crippen LogP contribution is -2.10. The van der Waals surface area contributed by atoms with E-state index < -0.39 is 5.91 Å². The van der Waals surface area contributed by atoms with Crippen molar-refractivity contribution in [1.29, 1.82) is 0 Å². The Morgan fingerprint density at radius 1 is 1.21 bits per heavy atom. The molecule has 0 fully saturated rings. The molecule has 4 heteroatoms. The fourth-order valence-corrected chi connectivity index (χ4v) is 1.94. The van der Waals surface area contributed by atoms with Crippen LogP contribution in [0.1, 0.15) is 21.5 Å². The zero-order chi connectivity index (χ0) is 13.8. The smallest absolute Gasteiger partial charge is 0.248 e. The fraction of sp³-hybridized carbons (Fsp3) is 0.133. The van der Waals surface area contributed by atoms with Gasteiger partial charge in [0, 0.05) is 12.1 Å². The van der Waals surface area contributed by atoms with Crippen LogP contribution in [-0.4, -0.2) is 5.91 Å². The molecule has 19 heavy (non-hydrogen) atoms. The first-order valence-electron chi connectivity index (χ1n) is 5.95. The lowest BCUT2D eigenvalue weighted by molar-refractivity contribution is 0.100. The molecule has 1 amide bonds. The monoisotopic (exact) mass is 274 g/mol. The molecule has 0 atom stereocenters. The van der Waals surface area contributed by atoms with E-state index in [2.05, 4.69) is 5.32 Å². The van der Waals surface area contributed by atoms with Crippen LogP contribution in [0.5, 0.6) is 0 Å². The average Bonchev–Trinajstić information content (AvgIpc) is 2.40. The Labute approximate surface area is 117 Å².